The number of hydrogen-bond donors (Lipinski definition) is 1. The maximum absolute atomic E-state index is 12.6. The summed E-state index contributed by atoms with van der Waals surface area (Å²) in [6.45, 7) is 10.5. The van der Waals surface area contributed by atoms with Crippen molar-refractivity contribution in [2.45, 2.75) is 58.4 Å². The fraction of sp³-hybridized carbons (Fsp3) is 0.588. The van der Waals surface area contributed by atoms with Crippen LogP contribution in [-0.2, 0) is 5.41 Å². The Morgan fingerprint density at radius 3 is 2.15 bits per heavy atom. The van der Waals surface area contributed by atoms with Crippen LogP contribution in [0.2, 0.25) is 0 Å². The predicted molar refractivity (Wildman–Crippen MR) is 86.6 cm³/mol. The second-order valence-electron chi connectivity index (χ2n) is 6.37. The van der Waals surface area contributed by atoms with Crippen LogP contribution in [0.15, 0.2) is 24.3 Å². The average Bonchev–Trinajstić information content (AvgIpc) is 2.44. The summed E-state index contributed by atoms with van der Waals surface area (Å²) < 4.78 is 0. The van der Waals surface area contributed by atoms with Crippen molar-refractivity contribution in [2.24, 2.45) is 0 Å². The minimum atomic E-state index is -0.316. The van der Waals surface area contributed by atoms with Crippen molar-refractivity contribution in [3.05, 3.63) is 35.4 Å². The van der Waals surface area contributed by atoms with Gasteiger partial charge in [0.1, 0.15) is 0 Å². The van der Waals surface area contributed by atoms with E-state index in [0.717, 1.165) is 24.0 Å². The quantitative estimate of drug-likeness (QED) is 0.796. The van der Waals surface area contributed by atoms with Crippen LogP contribution < -0.4 is 5.32 Å². The molecule has 0 heterocycles. The van der Waals surface area contributed by atoms with Crippen LogP contribution in [0.4, 0.5) is 0 Å². The molecule has 0 spiro atoms. The van der Waals surface area contributed by atoms with Gasteiger partial charge in [-0.1, -0.05) is 52.8 Å². The van der Waals surface area contributed by atoms with E-state index in [9.17, 15) is 4.79 Å². The van der Waals surface area contributed by atoms with Crippen molar-refractivity contribution >= 4 is 17.5 Å². The van der Waals surface area contributed by atoms with Gasteiger partial charge in [-0.3, -0.25) is 4.79 Å². The minimum absolute atomic E-state index is 0.0279. The van der Waals surface area contributed by atoms with Crippen LogP contribution in [0.1, 0.15) is 63.4 Å². The molecule has 1 amide bonds. The third kappa shape index (κ3) is 3.76. The van der Waals surface area contributed by atoms with E-state index in [0.29, 0.717) is 5.88 Å². The summed E-state index contributed by atoms with van der Waals surface area (Å²) >= 11 is 6.07. The topological polar surface area (TPSA) is 29.1 Å². The van der Waals surface area contributed by atoms with E-state index >= 15 is 0 Å². The van der Waals surface area contributed by atoms with Gasteiger partial charge in [-0.2, -0.15) is 0 Å². The predicted octanol–water partition coefficient (Wildman–Crippen LogP) is 4.51. The number of rotatable bonds is 5. The molecule has 0 aliphatic heterocycles. The van der Waals surface area contributed by atoms with Crippen molar-refractivity contribution < 1.29 is 4.79 Å². The molecule has 1 aromatic carbocycles. The summed E-state index contributed by atoms with van der Waals surface area (Å²) in [5.74, 6) is 0.406. The van der Waals surface area contributed by atoms with Crippen LogP contribution in [-0.4, -0.2) is 17.3 Å². The fourth-order valence-electron chi connectivity index (χ4n) is 2.29. The van der Waals surface area contributed by atoms with E-state index in [1.807, 2.05) is 24.3 Å². The Bertz CT molecular complexity index is 450. The zero-order chi connectivity index (χ0) is 15.4. The van der Waals surface area contributed by atoms with E-state index in [2.05, 4.69) is 39.9 Å². The highest BCUT2D eigenvalue weighted by atomic mass is 35.5. The molecular weight excluding hydrogens is 270 g/mol. The normalized spacial score (nSPS) is 12.3. The van der Waals surface area contributed by atoms with E-state index in [1.165, 1.54) is 0 Å². The minimum Gasteiger partial charge on any atom is -0.345 e. The van der Waals surface area contributed by atoms with Gasteiger partial charge in [0.05, 0.1) is 5.54 Å². The molecule has 0 aliphatic rings. The number of alkyl halides is 1. The van der Waals surface area contributed by atoms with Crippen LogP contribution in [0.25, 0.3) is 0 Å². The molecule has 2 nitrogen and oxygen atoms in total. The number of hydrogen-bond acceptors (Lipinski definition) is 1. The number of amides is 1. The zero-order valence-corrected chi connectivity index (χ0v) is 14.0. The average molecular weight is 296 g/mol. The first-order chi connectivity index (χ1) is 9.29. The van der Waals surface area contributed by atoms with Gasteiger partial charge < -0.3 is 5.32 Å². The largest absolute Gasteiger partial charge is 0.345 e. The van der Waals surface area contributed by atoms with E-state index < -0.39 is 0 Å². The Labute approximate surface area is 127 Å². The van der Waals surface area contributed by atoms with Crippen molar-refractivity contribution in [1.82, 2.24) is 5.32 Å². The van der Waals surface area contributed by atoms with Gasteiger partial charge in [0, 0.05) is 11.4 Å². The van der Waals surface area contributed by atoms with E-state index in [1.54, 1.807) is 0 Å². The molecule has 0 unspecified atom stereocenters. The molecule has 0 bridgehead atoms. The summed E-state index contributed by atoms with van der Waals surface area (Å²) in [6.07, 6.45) is 1.66. The van der Waals surface area contributed by atoms with Gasteiger partial charge in [0.25, 0.3) is 5.91 Å². The first kappa shape index (κ1) is 17.0. The van der Waals surface area contributed by atoms with Crippen LogP contribution >= 0.6 is 11.6 Å². The smallest absolute Gasteiger partial charge is 0.252 e. The standard InChI is InChI=1S/C17H26ClNO/c1-6-17(7-2,12-18)19-15(20)13-10-8-9-11-14(13)16(3,4)5/h8-11H,6-7,12H2,1-5H3,(H,19,20). The van der Waals surface area contributed by atoms with Crippen molar-refractivity contribution in [2.75, 3.05) is 5.88 Å². The molecule has 0 aliphatic carbocycles. The second kappa shape index (κ2) is 6.62. The Hall–Kier alpha value is -1.02. The number of carbonyl (C=O) groups is 1. The molecule has 0 saturated heterocycles. The third-order valence-electron chi connectivity index (χ3n) is 3.97. The second-order valence-corrected chi connectivity index (χ2v) is 6.64. The Kier molecular flexibility index (Phi) is 5.64. The monoisotopic (exact) mass is 295 g/mol. The fourth-order valence-corrected chi connectivity index (χ4v) is 2.74. The molecule has 20 heavy (non-hydrogen) atoms. The zero-order valence-electron chi connectivity index (χ0n) is 13.2. The van der Waals surface area contributed by atoms with Gasteiger partial charge in [0.15, 0.2) is 0 Å². The molecular formula is C17H26ClNO. The third-order valence-corrected chi connectivity index (χ3v) is 4.48. The molecule has 1 aromatic rings. The highest BCUT2D eigenvalue weighted by Gasteiger charge is 2.29. The molecule has 3 heteroatoms. The summed E-state index contributed by atoms with van der Waals surface area (Å²) in [5, 5.41) is 3.14. The first-order valence-electron chi connectivity index (χ1n) is 7.27. The Morgan fingerprint density at radius 1 is 1.15 bits per heavy atom. The van der Waals surface area contributed by atoms with Crippen molar-refractivity contribution in [3.63, 3.8) is 0 Å². The highest BCUT2D eigenvalue weighted by molar-refractivity contribution is 6.19. The number of carbonyl (C=O) groups excluding carboxylic acids is 1. The van der Waals surface area contributed by atoms with E-state index in [-0.39, 0.29) is 16.9 Å². The van der Waals surface area contributed by atoms with Gasteiger partial charge in [0.2, 0.25) is 0 Å². The molecule has 1 rings (SSSR count). The lowest BCUT2D eigenvalue weighted by molar-refractivity contribution is 0.0900. The number of nitrogens with one attached hydrogen (secondary N) is 1. The summed E-state index contributed by atoms with van der Waals surface area (Å²) in [4.78, 5) is 12.6. The summed E-state index contributed by atoms with van der Waals surface area (Å²) in [7, 11) is 0. The van der Waals surface area contributed by atoms with Gasteiger partial charge >= 0.3 is 0 Å². The molecule has 0 atom stereocenters. The molecule has 0 radical (unpaired) electrons. The number of benzene rings is 1. The van der Waals surface area contributed by atoms with Gasteiger partial charge in [-0.05, 0) is 29.9 Å². The lowest BCUT2D eigenvalue weighted by Crippen LogP contribution is -2.49. The van der Waals surface area contributed by atoms with Gasteiger partial charge in [-0.15, -0.1) is 11.6 Å². The van der Waals surface area contributed by atoms with Gasteiger partial charge in [-0.25, -0.2) is 0 Å². The molecule has 112 valence electrons. The maximum atomic E-state index is 12.6. The number of halogens is 1. The Morgan fingerprint density at radius 2 is 1.70 bits per heavy atom. The van der Waals surface area contributed by atoms with Crippen LogP contribution in [0.3, 0.4) is 0 Å². The molecule has 0 saturated carbocycles. The summed E-state index contributed by atoms with van der Waals surface area (Å²) in [5.41, 5.74) is 1.43. The first-order valence-corrected chi connectivity index (χ1v) is 7.81. The van der Waals surface area contributed by atoms with Crippen LogP contribution in [0, 0.1) is 0 Å². The van der Waals surface area contributed by atoms with E-state index in [4.69, 9.17) is 11.6 Å². The Balaban J connectivity index is 3.11. The molecule has 0 fully saturated rings. The lowest BCUT2D eigenvalue weighted by Gasteiger charge is -2.32. The highest BCUT2D eigenvalue weighted by Crippen LogP contribution is 2.26. The maximum Gasteiger partial charge on any atom is 0.252 e. The summed E-state index contributed by atoms with van der Waals surface area (Å²) in [6, 6.07) is 7.80. The van der Waals surface area contributed by atoms with Crippen molar-refractivity contribution in [3.8, 4) is 0 Å². The molecule has 0 aromatic heterocycles. The SMILES string of the molecule is CCC(CC)(CCl)NC(=O)c1ccccc1C(C)(C)C. The lowest BCUT2D eigenvalue weighted by atomic mass is 9.83. The van der Waals surface area contributed by atoms with Crippen molar-refractivity contribution in [1.29, 1.82) is 0 Å². The van der Waals surface area contributed by atoms with Crippen LogP contribution in [0.5, 0.6) is 0 Å². The molecule has 1 N–H and O–H groups in total.